The van der Waals surface area contributed by atoms with Gasteiger partial charge in [0.25, 0.3) is 0 Å². The highest BCUT2D eigenvalue weighted by Gasteiger charge is 1.79. The van der Waals surface area contributed by atoms with Crippen LogP contribution in [-0.2, 0) is 0 Å². The van der Waals surface area contributed by atoms with Gasteiger partial charge in [0.2, 0.25) is 0 Å². The van der Waals surface area contributed by atoms with Crippen LogP contribution in [-0.4, -0.2) is 25.5 Å². The van der Waals surface area contributed by atoms with Gasteiger partial charge in [0, 0.05) is 6.54 Å². The summed E-state index contributed by atoms with van der Waals surface area (Å²) in [6, 6.07) is 2.04. The summed E-state index contributed by atoms with van der Waals surface area (Å²) in [7, 11) is 3.99. The molecule has 0 amide bonds. The number of nitrogens with zero attached hydrogens (tertiary/aromatic N) is 2. The minimum Gasteiger partial charge on any atom is -0.306 e. The third kappa shape index (κ3) is 7.19. The number of nitriles is 1. The Kier molecular flexibility index (Phi) is 4.85. The summed E-state index contributed by atoms with van der Waals surface area (Å²) in [5.41, 5.74) is 0. The molecule has 50 valence electrons. The molecule has 0 saturated carbocycles. The highest BCUT2D eigenvalue weighted by atomic mass is 15.0. The van der Waals surface area contributed by atoms with E-state index in [0.29, 0.717) is 6.42 Å². The van der Waals surface area contributed by atoms with Crippen molar-refractivity contribution < 1.29 is 0 Å². The van der Waals surface area contributed by atoms with Crippen molar-refractivity contribution in [2.24, 2.45) is 0 Å². The van der Waals surface area contributed by atoms with Crippen LogP contribution in [0.25, 0.3) is 0 Å². The zero-order chi connectivity index (χ0) is 7.11. The van der Waals surface area contributed by atoms with E-state index in [4.69, 9.17) is 5.26 Å². The van der Waals surface area contributed by atoms with Gasteiger partial charge in [0.15, 0.2) is 0 Å². The minimum atomic E-state index is 0.522. The van der Waals surface area contributed by atoms with E-state index < -0.39 is 0 Å². The average molecular weight is 124 g/mol. The van der Waals surface area contributed by atoms with E-state index >= 15 is 0 Å². The summed E-state index contributed by atoms with van der Waals surface area (Å²) in [5, 5.41) is 8.12. The minimum absolute atomic E-state index is 0.522. The molecule has 0 aliphatic rings. The lowest BCUT2D eigenvalue weighted by Gasteiger charge is -2.02. The molecule has 0 aliphatic heterocycles. The third-order valence-corrected chi connectivity index (χ3v) is 0.846. The molecule has 0 rings (SSSR count). The summed E-state index contributed by atoms with van der Waals surface area (Å²) in [6.07, 6.45) is 4.39. The first kappa shape index (κ1) is 8.19. The fourth-order valence-electron chi connectivity index (χ4n) is 0.421. The fourth-order valence-corrected chi connectivity index (χ4v) is 0.421. The molecule has 0 saturated heterocycles. The maximum absolute atomic E-state index is 8.12. The molecule has 9 heavy (non-hydrogen) atoms. The Bertz CT molecular complexity index is 119. The predicted molar refractivity (Wildman–Crippen MR) is 37.9 cm³/mol. The zero-order valence-electron chi connectivity index (χ0n) is 5.96. The largest absolute Gasteiger partial charge is 0.306 e. The van der Waals surface area contributed by atoms with Crippen LogP contribution in [0.1, 0.15) is 6.42 Å². The molecule has 0 fully saturated rings. The van der Waals surface area contributed by atoms with Crippen molar-refractivity contribution in [3.8, 4) is 6.07 Å². The molecule has 2 heteroatoms. The van der Waals surface area contributed by atoms with Crippen LogP contribution in [0.5, 0.6) is 0 Å². The van der Waals surface area contributed by atoms with Crippen LogP contribution in [0.3, 0.4) is 0 Å². The van der Waals surface area contributed by atoms with E-state index in [1.165, 1.54) is 0 Å². The lowest BCUT2D eigenvalue weighted by Crippen LogP contribution is -2.10. The predicted octanol–water partition coefficient (Wildman–Crippen LogP) is 1.02. The molecule has 0 aromatic rings. The van der Waals surface area contributed by atoms with Crippen molar-refractivity contribution in [2.75, 3.05) is 20.6 Å². The second-order valence-corrected chi connectivity index (χ2v) is 2.10. The molecule has 0 heterocycles. The van der Waals surface area contributed by atoms with Gasteiger partial charge in [0.1, 0.15) is 0 Å². The number of hydrogen-bond donors (Lipinski definition) is 0. The highest BCUT2D eigenvalue weighted by molar-refractivity contribution is 4.91. The van der Waals surface area contributed by atoms with Gasteiger partial charge in [-0.25, -0.2) is 0 Å². The van der Waals surface area contributed by atoms with Gasteiger partial charge in [-0.05, 0) is 14.1 Å². The molecule has 0 atom stereocenters. The molecular weight excluding hydrogens is 112 g/mol. The lowest BCUT2D eigenvalue weighted by molar-refractivity contribution is 0.456. The van der Waals surface area contributed by atoms with Crippen LogP contribution in [0, 0.1) is 11.3 Å². The van der Waals surface area contributed by atoms with Gasteiger partial charge in [-0.2, -0.15) is 5.26 Å². The number of likely N-dealkylation sites (N-methyl/N-ethyl adjacent to an activating group) is 1. The molecular formula is C7H12N2. The summed E-state index contributed by atoms with van der Waals surface area (Å²) in [6.45, 7) is 0.918. The summed E-state index contributed by atoms with van der Waals surface area (Å²) >= 11 is 0. The number of rotatable bonds is 3. The van der Waals surface area contributed by atoms with Crippen LogP contribution < -0.4 is 0 Å². The van der Waals surface area contributed by atoms with E-state index in [1.54, 1.807) is 0 Å². The molecule has 0 aromatic heterocycles. The standard InChI is InChI=1S/C7H12N2/c1-9(2)7-5-3-4-6-8/h3,5H,4,7H2,1-2H3. The van der Waals surface area contributed by atoms with E-state index in [2.05, 4.69) is 0 Å². The van der Waals surface area contributed by atoms with E-state index in [9.17, 15) is 0 Å². The Hall–Kier alpha value is -0.810. The van der Waals surface area contributed by atoms with Crippen LogP contribution in [0.15, 0.2) is 12.2 Å². The van der Waals surface area contributed by atoms with Crippen LogP contribution in [0.4, 0.5) is 0 Å². The molecule has 0 bridgehead atoms. The van der Waals surface area contributed by atoms with Gasteiger partial charge in [-0.15, -0.1) is 0 Å². The Morgan fingerprint density at radius 1 is 1.44 bits per heavy atom. The first-order valence-electron chi connectivity index (χ1n) is 2.94. The van der Waals surface area contributed by atoms with Crippen molar-refractivity contribution in [3.05, 3.63) is 12.2 Å². The van der Waals surface area contributed by atoms with Crippen LogP contribution >= 0.6 is 0 Å². The summed E-state index contributed by atoms with van der Waals surface area (Å²) in [4.78, 5) is 2.05. The third-order valence-electron chi connectivity index (χ3n) is 0.846. The van der Waals surface area contributed by atoms with Crippen LogP contribution in [0.2, 0.25) is 0 Å². The molecule has 0 aromatic carbocycles. The van der Waals surface area contributed by atoms with Crippen molar-refractivity contribution in [2.45, 2.75) is 6.42 Å². The average Bonchev–Trinajstić information content (AvgIpc) is 1.80. The van der Waals surface area contributed by atoms with E-state index in [-0.39, 0.29) is 0 Å². The second-order valence-electron chi connectivity index (χ2n) is 2.10. The fraction of sp³-hybridized carbons (Fsp3) is 0.571. The van der Waals surface area contributed by atoms with Gasteiger partial charge in [-0.3, -0.25) is 0 Å². The monoisotopic (exact) mass is 124 g/mol. The SMILES string of the molecule is CN(C)CC=CCC#N. The zero-order valence-corrected chi connectivity index (χ0v) is 5.96. The van der Waals surface area contributed by atoms with E-state index in [1.807, 2.05) is 37.2 Å². The van der Waals surface area contributed by atoms with Crippen molar-refractivity contribution in [3.63, 3.8) is 0 Å². The molecule has 2 nitrogen and oxygen atoms in total. The van der Waals surface area contributed by atoms with Crippen molar-refractivity contribution >= 4 is 0 Å². The normalized spacial score (nSPS) is 10.4. The smallest absolute Gasteiger partial charge is 0.0663 e. The maximum Gasteiger partial charge on any atom is 0.0663 e. The van der Waals surface area contributed by atoms with Crippen molar-refractivity contribution in [1.29, 1.82) is 5.26 Å². The quantitative estimate of drug-likeness (QED) is 0.525. The van der Waals surface area contributed by atoms with Gasteiger partial charge < -0.3 is 4.90 Å². The van der Waals surface area contributed by atoms with Crippen molar-refractivity contribution in [1.82, 2.24) is 4.90 Å². The van der Waals surface area contributed by atoms with Gasteiger partial charge in [-0.1, -0.05) is 12.2 Å². The molecule has 0 N–H and O–H groups in total. The summed E-state index contributed by atoms with van der Waals surface area (Å²) < 4.78 is 0. The Balaban J connectivity index is 3.17. The molecule has 0 spiro atoms. The van der Waals surface area contributed by atoms with E-state index in [0.717, 1.165) is 6.54 Å². The molecule has 0 radical (unpaired) electrons. The highest BCUT2D eigenvalue weighted by Crippen LogP contribution is 1.80. The van der Waals surface area contributed by atoms with Gasteiger partial charge >= 0.3 is 0 Å². The molecule has 0 unspecified atom stereocenters. The number of hydrogen-bond acceptors (Lipinski definition) is 2. The maximum atomic E-state index is 8.12. The number of allylic oxidation sites excluding steroid dienone is 1. The van der Waals surface area contributed by atoms with Gasteiger partial charge in [0.05, 0.1) is 12.5 Å². The summed E-state index contributed by atoms with van der Waals surface area (Å²) in [5.74, 6) is 0. The topological polar surface area (TPSA) is 27.0 Å². The first-order valence-corrected chi connectivity index (χ1v) is 2.94. The Morgan fingerprint density at radius 2 is 2.11 bits per heavy atom. The second kappa shape index (κ2) is 5.33. The Labute approximate surface area is 56.4 Å². The first-order chi connectivity index (χ1) is 4.27. The Morgan fingerprint density at radius 3 is 2.56 bits per heavy atom. The lowest BCUT2D eigenvalue weighted by atomic mass is 10.4. The molecule has 0 aliphatic carbocycles.